The first kappa shape index (κ1) is 68.4. The number of aliphatic imine (C=N–C) groups is 2. The van der Waals surface area contributed by atoms with Crippen LogP contribution in [0.5, 0.6) is 0 Å². The molecule has 0 spiro atoms. The fourth-order valence-corrected chi connectivity index (χ4v) is 10.3. The zero-order chi connectivity index (χ0) is 61.3. The Balaban J connectivity index is 1.62. The summed E-state index contributed by atoms with van der Waals surface area (Å²) in [6.45, 7) is 3.43. The van der Waals surface area contributed by atoms with Crippen LogP contribution in [-0.2, 0) is 53.2 Å². The molecule has 7 atom stereocenters. The second-order valence-electron chi connectivity index (χ2n) is 20.3. The van der Waals surface area contributed by atoms with Gasteiger partial charge in [-0.3, -0.25) is 53.1 Å². The molecule has 1 fully saturated rings. The molecule has 82 heavy (non-hydrogen) atoms. The lowest BCUT2D eigenvalue weighted by atomic mass is 10.0. The van der Waals surface area contributed by atoms with E-state index in [9.17, 15) is 56.7 Å². The average Bonchev–Trinajstić information content (AvgIpc) is 4.03. The van der Waals surface area contributed by atoms with Crippen LogP contribution in [0.25, 0.3) is 10.8 Å². The number of carbonyl (C=O) groups is 9. The van der Waals surface area contributed by atoms with Crippen molar-refractivity contribution in [1.29, 1.82) is 0 Å². The number of guanidine groups is 2. The number of sulfonamides is 1. The normalized spacial score (nSPS) is 15.3. The van der Waals surface area contributed by atoms with Crippen molar-refractivity contribution >= 4 is 91.6 Å². The molecule has 2 aromatic carbocycles. The minimum Gasteiger partial charge on any atom is -0.391 e. The first-order chi connectivity index (χ1) is 38.7. The summed E-state index contributed by atoms with van der Waals surface area (Å²) in [5.41, 5.74) is 33.4. The average molecular weight is 1170 g/mol. The minimum absolute atomic E-state index is 0.00118. The number of anilines is 1. The number of aliphatic hydroxyl groups excluding tert-OH is 1. The maximum atomic E-state index is 14.4. The number of unbranched alkanes of at least 4 members (excludes halogenated alkanes) is 1. The molecule has 30 nitrogen and oxygen atoms in total. The molecule has 21 N–H and O–H groups in total. The Bertz CT molecular complexity index is 2720. The van der Waals surface area contributed by atoms with Crippen molar-refractivity contribution in [2.24, 2.45) is 50.3 Å². The third kappa shape index (κ3) is 22.6. The second kappa shape index (κ2) is 33.8. The number of amides is 9. The highest BCUT2D eigenvalue weighted by molar-refractivity contribution is 7.89. The summed E-state index contributed by atoms with van der Waals surface area (Å²) in [6.07, 6.45) is 0.556. The predicted octanol–water partition coefficient (Wildman–Crippen LogP) is -5.02. The summed E-state index contributed by atoms with van der Waals surface area (Å²) in [6, 6.07) is 2.51. The summed E-state index contributed by atoms with van der Waals surface area (Å²) in [4.78, 5) is 130. The van der Waals surface area contributed by atoms with Gasteiger partial charge in [-0.2, -0.15) is 4.72 Å². The zero-order valence-electron chi connectivity index (χ0n) is 47.2. The van der Waals surface area contributed by atoms with Crippen LogP contribution in [0.1, 0.15) is 85.0 Å². The van der Waals surface area contributed by atoms with Crippen molar-refractivity contribution in [2.45, 2.75) is 132 Å². The molecule has 9 amide bonds. The van der Waals surface area contributed by atoms with Crippen molar-refractivity contribution in [1.82, 2.24) is 46.8 Å². The Labute approximate surface area is 477 Å². The SMILES string of the molecule is CC(C)C[C@H](NS(=O)(=O)c1cccc2c(N(C)C)cccc12)C(=O)N1CCC[C@H]1C(=O)N[C@@H](CCCCN)C(=O)N[C@H](C(=O)NCC(=O)NCC(=O)NCC(=O)N[C@@H](CCCN=C(N)N)C(=O)N[C@@H](CCCN=C(N)N)C(N)=O)[C@@H](C)O. The van der Waals surface area contributed by atoms with Crippen LogP contribution in [0, 0.1) is 5.92 Å². The highest BCUT2D eigenvalue weighted by atomic mass is 32.2. The molecular weight excluding hydrogens is 1090 g/mol. The summed E-state index contributed by atoms with van der Waals surface area (Å²) >= 11 is 0. The van der Waals surface area contributed by atoms with Gasteiger partial charge in [0.2, 0.25) is 63.2 Å². The van der Waals surface area contributed by atoms with E-state index in [1.165, 1.54) is 17.9 Å². The number of likely N-dealkylation sites (tertiary alicyclic amines) is 1. The van der Waals surface area contributed by atoms with Gasteiger partial charge in [-0.25, -0.2) is 8.42 Å². The number of rotatable bonds is 35. The van der Waals surface area contributed by atoms with Gasteiger partial charge >= 0.3 is 0 Å². The summed E-state index contributed by atoms with van der Waals surface area (Å²) in [7, 11) is -0.625. The highest BCUT2D eigenvalue weighted by Crippen LogP contribution is 2.31. The van der Waals surface area contributed by atoms with E-state index in [1.807, 2.05) is 45.0 Å². The molecule has 0 bridgehead atoms. The molecule has 1 aliphatic heterocycles. The lowest BCUT2D eigenvalue weighted by Crippen LogP contribution is -2.59. The molecule has 0 saturated carbocycles. The maximum Gasteiger partial charge on any atom is 0.245 e. The molecule has 1 heterocycles. The molecule has 456 valence electrons. The number of nitrogens with zero attached hydrogens (tertiary/aromatic N) is 4. The van der Waals surface area contributed by atoms with E-state index in [-0.39, 0.29) is 93.9 Å². The standard InChI is InChI=1S/C51H84N18O12S/c1-29(2)25-36(67-82(80,81)39-20-9-13-31-32(39)14-8-18-37(31)68(4)5)49(79)69-24-12-19-38(69)47(77)65-35(15-6-7-21-52)46(76)66-43(30(3)70)48(78)62-27-41(72)60-26-40(71)61-28-42(73)63-34(17-11-23-59-51(56)57)45(75)64-33(44(53)74)16-10-22-58-50(54)55/h8-9,13-14,18,20,29-30,33-36,38,43,67,70H,6-7,10-12,15-17,19,21-28,52H2,1-5H3,(H2,53,74)(H,60,72)(H,61,71)(H,62,78)(H,63,73)(H,64,75)(H,65,77)(H,66,76)(H4,54,55,58)(H4,56,57,59)/t30-,33+,34+,35+,36+,38+,43+/m1/s1. The lowest BCUT2D eigenvalue weighted by molar-refractivity contribution is -0.141. The molecule has 1 aliphatic rings. The largest absolute Gasteiger partial charge is 0.391 e. The fourth-order valence-electron chi connectivity index (χ4n) is 8.84. The van der Waals surface area contributed by atoms with Crippen molar-refractivity contribution in [2.75, 3.05) is 64.8 Å². The first-order valence-electron chi connectivity index (χ1n) is 27.0. The number of nitrogens with one attached hydrogen (secondary N) is 8. The van der Waals surface area contributed by atoms with Gasteiger partial charge in [-0.15, -0.1) is 0 Å². The van der Waals surface area contributed by atoms with E-state index < -0.39 is 125 Å². The summed E-state index contributed by atoms with van der Waals surface area (Å²) in [5.74, 6) is -7.92. The Hall–Kier alpha value is -7.90. The van der Waals surface area contributed by atoms with E-state index in [0.717, 1.165) is 5.69 Å². The van der Waals surface area contributed by atoms with Crippen molar-refractivity contribution < 1.29 is 56.7 Å². The van der Waals surface area contributed by atoms with E-state index in [4.69, 9.17) is 34.4 Å². The topological polar surface area (TPSA) is 492 Å². The van der Waals surface area contributed by atoms with E-state index in [2.05, 4.69) is 51.9 Å². The molecule has 0 aliphatic carbocycles. The number of carbonyl (C=O) groups excluding carboxylic acids is 9. The fraction of sp³-hybridized carbons (Fsp3) is 0.588. The predicted molar refractivity (Wildman–Crippen MR) is 307 cm³/mol. The van der Waals surface area contributed by atoms with Crippen molar-refractivity contribution in [3.8, 4) is 0 Å². The van der Waals surface area contributed by atoms with Gasteiger partial charge in [0.15, 0.2) is 11.9 Å². The van der Waals surface area contributed by atoms with Gasteiger partial charge in [0.05, 0.1) is 30.6 Å². The van der Waals surface area contributed by atoms with E-state index >= 15 is 0 Å². The van der Waals surface area contributed by atoms with Gasteiger partial charge in [-0.05, 0) is 95.7 Å². The van der Waals surface area contributed by atoms with Gasteiger partial charge in [-0.1, -0.05) is 38.1 Å². The Kier molecular flexibility index (Phi) is 28.1. The Morgan fingerprint density at radius 3 is 1.79 bits per heavy atom. The van der Waals surface area contributed by atoms with Gasteiger partial charge in [0.25, 0.3) is 0 Å². The molecule has 1 saturated heterocycles. The number of primary amides is 1. The van der Waals surface area contributed by atoms with Crippen LogP contribution >= 0.6 is 0 Å². The lowest BCUT2D eigenvalue weighted by Gasteiger charge is -2.31. The summed E-state index contributed by atoms with van der Waals surface area (Å²) < 4.78 is 30.9. The van der Waals surface area contributed by atoms with Crippen LogP contribution in [0.4, 0.5) is 5.69 Å². The Morgan fingerprint density at radius 2 is 1.22 bits per heavy atom. The van der Waals surface area contributed by atoms with Crippen molar-refractivity contribution in [3.63, 3.8) is 0 Å². The minimum atomic E-state index is -4.31. The number of hydrogen-bond donors (Lipinski definition) is 15. The smallest absolute Gasteiger partial charge is 0.245 e. The number of fused-ring (bicyclic) bond motifs is 1. The molecule has 31 heteroatoms. The molecular formula is C51H84N18O12S. The quantitative estimate of drug-likeness (QED) is 0.0175. The third-order valence-corrected chi connectivity index (χ3v) is 14.5. The molecule has 3 rings (SSSR count). The van der Waals surface area contributed by atoms with E-state index in [0.29, 0.717) is 30.0 Å². The maximum absolute atomic E-state index is 14.4. The number of benzene rings is 2. The monoisotopic (exact) mass is 1170 g/mol. The molecule has 2 aromatic rings. The van der Waals surface area contributed by atoms with Crippen LogP contribution in [0.3, 0.4) is 0 Å². The molecule has 0 radical (unpaired) electrons. The highest BCUT2D eigenvalue weighted by Gasteiger charge is 2.41. The van der Waals surface area contributed by atoms with Crippen molar-refractivity contribution in [3.05, 3.63) is 36.4 Å². The van der Waals surface area contributed by atoms with E-state index in [1.54, 1.807) is 18.2 Å². The molecule has 0 aromatic heterocycles. The summed E-state index contributed by atoms with van der Waals surface area (Å²) in [5, 5.41) is 28.7. The number of aliphatic hydroxyl groups is 1. The zero-order valence-corrected chi connectivity index (χ0v) is 48.0. The third-order valence-electron chi connectivity index (χ3n) is 12.9. The van der Waals surface area contributed by atoms with Gasteiger partial charge in [0.1, 0.15) is 36.3 Å². The second-order valence-corrected chi connectivity index (χ2v) is 22.0. The molecule has 0 unspecified atom stereocenters. The first-order valence-corrected chi connectivity index (χ1v) is 28.5. The van der Waals surface area contributed by atoms with Crippen LogP contribution < -0.4 is 81.2 Å². The number of hydrogen-bond acceptors (Lipinski definition) is 16. The van der Waals surface area contributed by atoms with Crippen LogP contribution in [0.15, 0.2) is 51.3 Å². The Morgan fingerprint density at radius 1 is 0.671 bits per heavy atom. The van der Waals surface area contributed by atoms with Gasteiger partial charge < -0.3 is 86.5 Å². The van der Waals surface area contributed by atoms with Crippen LogP contribution in [0.2, 0.25) is 0 Å². The van der Waals surface area contributed by atoms with Gasteiger partial charge in [0, 0.05) is 50.2 Å². The number of nitrogens with two attached hydrogens (primary N) is 6. The van der Waals surface area contributed by atoms with Crippen LogP contribution in [-0.4, -0.2) is 186 Å².